The highest BCUT2D eigenvalue weighted by atomic mass is 15.1. The van der Waals surface area contributed by atoms with E-state index in [4.69, 9.17) is 0 Å². The Balaban J connectivity index is 1.86. The summed E-state index contributed by atoms with van der Waals surface area (Å²) in [5.41, 5.74) is 0.555. The molecule has 0 aromatic rings. The molecule has 1 N–H and O–H groups in total. The molecule has 0 bridgehead atoms. The van der Waals surface area contributed by atoms with E-state index >= 15 is 0 Å². The molecule has 0 heterocycles. The smallest absolute Gasteiger partial charge is 0.00472 e. The Morgan fingerprint density at radius 2 is 1.67 bits per heavy atom. The molecule has 2 rings (SSSR count). The van der Waals surface area contributed by atoms with Crippen molar-refractivity contribution in [1.29, 1.82) is 0 Å². The van der Waals surface area contributed by atoms with Crippen LogP contribution in [0.4, 0.5) is 0 Å². The molecule has 2 heteroatoms. The second kappa shape index (κ2) is 9.15. The lowest BCUT2D eigenvalue weighted by Gasteiger charge is -2.38. The van der Waals surface area contributed by atoms with Gasteiger partial charge in [0.1, 0.15) is 0 Å². The average molecular weight is 295 g/mol. The molecule has 0 aromatic heterocycles. The van der Waals surface area contributed by atoms with Crippen LogP contribution in [0.25, 0.3) is 0 Å². The first-order valence-corrected chi connectivity index (χ1v) is 9.63. The van der Waals surface area contributed by atoms with Crippen molar-refractivity contribution in [3.8, 4) is 0 Å². The third-order valence-electron chi connectivity index (χ3n) is 5.74. The summed E-state index contributed by atoms with van der Waals surface area (Å²) in [6.45, 7) is 7.37. The molecule has 0 unspecified atom stereocenters. The van der Waals surface area contributed by atoms with Gasteiger partial charge >= 0.3 is 0 Å². The Bertz CT molecular complexity index is 263. The Morgan fingerprint density at radius 1 is 1.00 bits per heavy atom. The average Bonchev–Trinajstić information content (AvgIpc) is 2.85. The standard InChI is InChI=1S/C19H38N2/c1-3-14-20-16-19(12-8-4-5-9-13-19)17-21(2)15-18-10-6-7-11-18/h18,20H,3-17H2,1-2H3. The second-order valence-electron chi connectivity index (χ2n) is 7.94. The second-order valence-corrected chi connectivity index (χ2v) is 7.94. The number of hydrogen-bond acceptors (Lipinski definition) is 2. The molecule has 21 heavy (non-hydrogen) atoms. The van der Waals surface area contributed by atoms with E-state index in [1.807, 2.05) is 0 Å². The molecule has 2 nitrogen and oxygen atoms in total. The molecule has 0 amide bonds. The van der Waals surface area contributed by atoms with E-state index in [0.29, 0.717) is 5.41 Å². The first kappa shape index (κ1) is 17.3. The van der Waals surface area contributed by atoms with E-state index in [9.17, 15) is 0 Å². The highest BCUT2D eigenvalue weighted by Gasteiger charge is 2.32. The van der Waals surface area contributed by atoms with Crippen molar-refractivity contribution in [2.45, 2.75) is 77.6 Å². The quantitative estimate of drug-likeness (QED) is 0.525. The molecular weight excluding hydrogens is 256 g/mol. The van der Waals surface area contributed by atoms with Gasteiger partial charge in [-0.15, -0.1) is 0 Å². The molecule has 0 spiro atoms. The third kappa shape index (κ3) is 5.90. The molecule has 124 valence electrons. The van der Waals surface area contributed by atoms with Crippen LogP contribution in [0.5, 0.6) is 0 Å². The van der Waals surface area contributed by atoms with Crippen LogP contribution in [0.3, 0.4) is 0 Å². The van der Waals surface area contributed by atoms with Gasteiger partial charge in [0.25, 0.3) is 0 Å². The maximum atomic E-state index is 3.75. The molecular formula is C19H38N2. The van der Waals surface area contributed by atoms with E-state index in [0.717, 1.165) is 5.92 Å². The predicted molar refractivity (Wildman–Crippen MR) is 92.8 cm³/mol. The third-order valence-corrected chi connectivity index (χ3v) is 5.74. The van der Waals surface area contributed by atoms with E-state index < -0.39 is 0 Å². The summed E-state index contributed by atoms with van der Waals surface area (Å²) in [6.07, 6.45) is 15.9. The molecule has 0 saturated heterocycles. The zero-order valence-electron chi connectivity index (χ0n) is 14.6. The Kier molecular flexibility index (Phi) is 7.53. The molecule has 0 aromatic carbocycles. The summed E-state index contributed by atoms with van der Waals surface area (Å²) < 4.78 is 0. The van der Waals surface area contributed by atoms with E-state index in [1.54, 1.807) is 0 Å². The van der Waals surface area contributed by atoms with Gasteiger partial charge < -0.3 is 10.2 Å². The van der Waals surface area contributed by atoms with Gasteiger partial charge in [0.05, 0.1) is 0 Å². The SMILES string of the molecule is CCCNCC1(CN(C)CC2CCCC2)CCCCCC1. The van der Waals surface area contributed by atoms with Crippen molar-refractivity contribution in [2.24, 2.45) is 11.3 Å². The molecule has 2 saturated carbocycles. The summed E-state index contributed by atoms with van der Waals surface area (Å²) in [6, 6.07) is 0. The lowest BCUT2D eigenvalue weighted by atomic mass is 9.79. The highest BCUT2D eigenvalue weighted by Crippen LogP contribution is 2.36. The van der Waals surface area contributed by atoms with E-state index in [-0.39, 0.29) is 0 Å². The lowest BCUT2D eigenvalue weighted by molar-refractivity contribution is 0.134. The van der Waals surface area contributed by atoms with Gasteiger partial charge in [0.15, 0.2) is 0 Å². The molecule has 0 aliphatic heterocycles. The Hall–Kier alpha value is -0.0800. The van der Waals surface area contributed by atoms with Crippen molar-refractivity contribution in [2.75, 3.05) is 33.2 Å². The number of nitrogens with one attached hydrogen (secondary N) is 1. The Labute approximate surface area is 133 Å². The molecule has 0 atom stereocenters. The molecule has 0 radical (unpaired) electrons. The predicted octanol–water partition coefficient (Wildman–Crippen LogP) is 4.45. The van der Waals surface area contributed by atoms with Crippen molar-refractivity contribution >= 4 is 0 Å². The Morgan fingerprint density at radius 3 is 2.29 bits per heavy atom. The van der Waals surface area contributed by atoms with Crippen LogP contribution in [-0.2, 0) is 0 Å². The van der Waals surface area contributed by atoms with Gasteiger partial charge in [0, 0.05) is 19.6 Å². The van der Waals surface area contributed by atoms with Gasteiger partial charge in [0.2, 0.25) is 0 Å². The van der Waals surface area contributed by atoms with E-state index in [2.05, 4.69) is 24.2 Å². The number of rotatable bonds is 8. The van der Waals surface area contributed by atoms with Crippen LogP contribution in [0.15, 0.2) is 0 Å². The summed E-state index contributed by atoms with van der Waals surface area (Å²) in [5.74, 6) is 0.987. The first-order chi connectivity index (χ1) is 10.2. The van der Waals surface area contributed by atoms with Crippen LogP contribution >= 0.6 is 0 Å². The first-order valence-electron chi connectivity index (χ1n) is 9.63. The summed E-state index contributed by atoms with van der Waals surface area (Å²) in [7, 11) is 2.38. The number of nitrogens with zero attached hydrogens (tertiary/aromatic N) is 1. The minimum Gasteiger partial charge on any atom is -0.316 e. The van der Waals surface area contributed by atoms with Crippen LogP contribution in [-0.4, -0.2) is 38.1 Å². The minimum atomic E-state index is 0.555. The minimum absolute atomic E-state index is 0.555. The monoisotopic (exact) mass is 294 g/mol. The maximum Gasteiger partial charge on any atom is 0.00472 e. The normalized spacial score (nSPS) is 23.6. The van der Waals surface area contributed by atoms with Gasteiger partial charge in [-0.25, -0.2) is 0 Å². The topological polar surface area (TPSA) is 15.3 Å². The molecule has 2 fully saturated rings. The van der Waals surface area contributed by atoms with Crippen molar-refractivity contribution < 1.29 is 0 Å². The van der Waals surface area contributed by atoms with Crippen molar-refractivity contribution in [3.63, 3.8) is 0 Å². The van der Waals surface area contributed by atoms with Crippen LogP contribution in [0.1, 0.15) is 77.6 Å². The lowest BCUT2D eigenvalue weighted by Crippen LogP contribution is -2.44. The zero-order valence-corrected chi connectivity index (χ0v) is 14.6. The van der Waals surface area contributed by atoms with Crippen LogP contribution in [0.2, 0.25) is 0 Å². The summed E-state index contributed by atoms with van der Waals surface area (Å²) in [5, 5.41) is 3.75. The highest BCUT2D eigenvalue weighted by molar-refractivity contribution is 4.87. The van der Waals surface area contributed by atoms with Crippen LogP contribution < -0.4 is 5.32 Å². The van der Waals surface area contributed by atoms with Gasteiger partial charge in [-0.1, -0.05) is 45.4 Å². The van der Waals surface area contributed by atoms with Gasteiger partial charge in [-0.2, -0.15) is 0 Å². The van der Waals surface area contributed by atoms with Crippen molar-refractivity contribution in [1.82, 2.24) is 10.2 Å². The largest absolute Gasteiger partial charge is 0.316 e. The van der Waals surface area contributed by atoms with E-state index in [1.165, 1.54) is 96.8 Å². The fraction of sp³-hybridized carbons (Fsp3) is 1.00. The summed E-state index contributed by atoms with van der Waals surface area (Å²) >= 11 is 0. The fourth-order valence-corrected chi connectivity index (χ4v) is 4.67. The fourth-order valence-electron chi connectivity index (χ4n) is 4.67. The maximum absolute atomic E-state index is 3.75. The van der Waals surface area contributed by atoms with Crippen molar-refractivity contribution in [3.05, 3.63) is 0 Å². The summed E-state index contributed by atoms with van der Waals surface area (Å²) in [4.78, 5) is 2.68. The number of hydrogen-bond donors (Lipinski definition) is 1. The van der Waals surface area contributed by atoms with Crippen LogP contribution in [0, 0.1) is 11.3 Å². The van der Waals surface area contributed by atoms with Gasteiger partial charge in [-0.05, 0) is 57.0 Å². The zero-order chi connectivity index (χ0) is 15.0. The molecule has 2 aliphatic rings. The molecule has 2 aliphatic carbocycles. The van der Waals surface area contributed by atoms with Gasteiger partial charge in [-0.3, -0.25) is 0 Å².